The van der Waals surface area contributed by atoms with E-state index in [-0.39, 0.29) is 6.42 Å². The Morgan fingerprint density at radius 1 is 1.03 bits per heavy atom. The van der Waals surface area contributed by atoms with Crippen LogP contribution >= 0.6 is 0 Å². The molecule has 1 aliphatic rings. The summed E-state index contributed by atoms with van der Waals surface area (Å²) in [5.74, 6) is 0.596. The number of ether oxygens (including phenoxy) is 1. The van der Waals surface area contributed by atoms with Gasteiger partial charge in [-0.15, -0.1) is 0 Å². The summed E-state index contributed by atoms with van der Waals surface area (Å²) in [6.45, 7) is 0.875. The van der Waals surface area contributed by atoms with Crippen molar-refractivity contribution in [2.24, 2.45) is 0 Å². The maximum absolute atomic E-state index is 10.8. The number of carbonyl (C=O) groups is 1. The highest BCUT2D eigenvalue weighted by Gasteiger charge is 2.22. The van der Waals surface area contributed by atoms with Crippen LogP contribution in [0.3, 0.4) is 0 Å². The number of aryl methyl sites for hydroxylation is 2. The molecule has 4 rings (SSSR count). The SMILES string of the molecule is COc1ccc([C@@H]2CCc3ccccc3C2)c(NCCCc2ccc(CC(=O)O)cc2)c1. The average Bonchev–Trinajstić information content (AvgIpc) is 2.82. The van der Waals surface area contributed by atoms with Crippen molar-refractivity contribution in [2.45, 2.75) is 44.4 Å². The standard InChI is InChI=1S/C28H31NO3/c1-32-25-14-15-26(24-13-12-22-6-2-3-7-23(22)18-24)27(19-25)29-16-4-5-20-8-10-21(11-9-20)17-28(30)31/h2-3,6-11,14-15,19,24,29H,4-5,12-13,16-18H2,1H3,(H,30,31)/t24-/m1/s1. The van der Waals surface area contributed by atoms with Gasteiger partial charge in [0.1, 0.15) is 5.75 Å². The third kappa shape index (κ3) is 5.50. The number of anilines is 1. The van der Waals surface area contributed by atoms with Gasteiger partial charge in [0.05, 0.1) is 13.5 Å². The summed E-state index contributed by atoms with van der Waals surface area (Å²) in [5.41, 5.74) is 7.58. The number of nitrogens with one attached hydrogen (secondary N) is 1. The first kappa shape index (κ1) is 21.9. The van der Waals surface area contributed by atoms with Crippen molar-refractivity contribution in [3.05, 3.63) is 94.5 Å². The van der Waals surface area contributed by atoms with E-state index in [0.717, 1.165) is 43.5 Å². The molecule has 0 saturated heterocycles. The zero-order valence-electron chi connectivity index (χ0n) is 18.6. The van der Waals surface area contributed by atoms with Crippen LogP contribution in [0.5, 0.6) is 5.75 Å². The van der Waals surface area contributed by atoms with Gasteiger partial charge >= 0.3 is 5.97 Å². The van der Waals surface area contributed by atoms with Crippen molar-refractivity contribution < 1.29 is 14.6 Å². The summed E-state index contributed by atoms with van der Waals surface area (Å²) in [6.07, 6.45) is 5.41. The van der Waals surface area contributed by atoms with Crippen molar-refractivity contribution >= 4 is 11.7 Å². The number of methoxy groups -OCH3 is 1. The molecule has 0 heterocycles. The number of benzene rings is 3. The second kappa shape index (κ2) is 10.4. The van der Waals surface area contributed by atoms with Gasteiger partial charge in [-0.25, -0.2) is 0 Å². The fraction of sp³-hybridized carbons (Fsp3) is 0.321. The topological polar surface area (TPSA) is 58.6 Å². The first-order valence-corrected chi connectivity index (χ1v) is 11.4. The Bertz CT molecular complexity index is 1060. The Kier molecular flexibility index (Phi) is 7.10. The van der Waals surface area contributed by atoms with Gasteiger partial charge in [0.15, 0.2) is 0 Å². The summed E-state index contributed by atoms with van der Waals surface area (Å²) in [5, 5.41) is 12.6. The van der Waals surface area contributed by atoms with E-state index in [4.69, 9.17) is 9.84 Å². The molecular weight excluding hydrogens is 398 g/mol. The summed E-state index contributed by atoms with van der Waals surface area (Å²) < 4.78 is 5.49. The molecule has 0 amide bonds. The molecule has 0 spiro atoms. The molecule has 0 bridgehead atoms. The predicted octanol–water partition coefficient (Wildman–Crippen LogP) is 5.64. The van der Waals surface area contributed by atoms with E-state index in [9.17, 15) is 4.79 Å². The van der Waals surface area contributed by atoms with Crippen LogP contribution in [-0.2, 0) is 30.5 Å². The molecule has 1 atom stereocenters. The lowest BCUT2D eigenvalue weighted by Crippen LogP contribution is -2.15. The quantitative estimate of drug-likeness (QED) is 0.432. The summed E-state index contributed by atoms with van der Waals surface area (Å²) >= 11 is 0. The highest BCUT2D eigenvalue weighted by molar-refractivity contribution is 5.70. The second-order valence-corrected chi connectivity index (χ2v) is 8.58. The third-order valence-corrected chi connectivity index (χ3v) is 6.38. The number of rotatable bonds is 9. The van der Waals surface area contributed by atoms with E-state index in [1.54, 1.807) is 7.11 Å². The van der Waals surface area contributed by atoms with Crippen LogP contribution in [0, 0.1) is 0 Å². The van der Waals surface area contributed by atoms with Crippen LogP contribution in [-0.4, -0.2) is 24.7 Å². The molecule has 0 saturated carbocycles. The third-order valence-electron chi connectivity index (χ3n) is 6.38. The molecule has 4 nitrogen and oxygen atoms in total. The van der Waals surface area contributed by atoms with Gasteiger partial charge in [-0.3, -0.25) is 4.79 Å². The van der Waals surface area contributed by atoms with Crippen molar-refractivity contribution in [1.82, 2.24) is 0 Å². The van der Waals surface area contributed by atoms with E-state index in [2.05, 4.69) is 47.8 Å². The average molecular weight is 430 g/mol. The molecule has 0 fully saturated rings. The second-order valence-electron chi connectivity index (χ2n) is 8.58. The van der Waals surface area contributed by atoms with Crippen molar-refractivity contribution in [2.75, 3.05) is 19.0 Å². The van der Waals surface area contributed by atoms with Gasteiger partial charge in [-0.2, -0.15) is 0 Å². The molecule has 32 heavy (non-hydrogen) atoms. The first-order chi connectivity index (χ1) is 15.6. The van der Waals surface area contributed by atoms with Gasteiger partial charge in [-0.05, 0) is 71.9 Å². The van der Waals surface area contributed by atoms with E-state index >= 15 is 0 Å². The molecule has 0 radical (unpaired) electrons. The molecule has 2 N–H and O–H groups in total. The van der Waals surface area contributed by atoms with E-state index < -0.39 is 5.97 Å². The lowest BCUT2D eigenvalue weighted by Gasteiger charge is -2.27. The smallest absolute Gasteiger partial charge is 0.307 e. The largest absolute Gasteiger partial charge is 0.497 e. The fourth-order valence-electron chi connectivity index (χ4n) is 4.65. The fourth-order valence-corrected chi connectivity index (χ4v) is 4.65. The van der Waals surface area contributed by atoms with Crippen molar-refractivity contribution in [1.29, 1.82) is 0 Å². The Labute approximate surface area is 190 Å². The molecule has 4 heteroatoms. The Morgan fingerprint density at radius 3 is 2.53 bits per heavy atom. The van der Waals surface area contributed by atoms with E-state index in [1.165, 1.54) is 34.4 Å². The first-order valence-electron chi connectivity index (χ1n) is 11.4. The molecule has 166 valence electrons. The molecule has 3 aromatic rings. The minimum atomic E-state index is -0.794. The van der Waals surface area contributed by atoms with Crippen molar-refractivity contribution in [3.8, 4) is 5.75 Å². The van der Waals surface area contributed by atoms with Crippen LogP contribution in [0.4, 0.5) is 5.69 Å². The Morgan fingerprint density at radius 2 is 1.78 bits per heavy atom. The van der Waals surface area contributed by atoms with Crippen LogP contribution in [0.2, 0.25) is 0 Å². The van der Waals surface area contributed by atoms with Gasteiger partial charge in [-0.1, -0.05) is 54.6 Å². The number of aliphatic carboxylic acids is 1. The summed E-state index contributed by atoms with van der Waals surface area (Å²) in [4.78, 5) is 10.8. The van der Waals surface area contributed by atoms with Crippen LogP contribution in [0.1, 0.15) is 46.6 Å². The van der Waals surface area contributed by atoms with Crippen LogP contribution in [0.25, 0.3) is 0 Å². The molecule has 0 aliphatic heterocycles. The summed E-state index contributed by atoms with van der Waals surface area (Å²) in [7, 11) is 1.71. The minimum absolute atomic E-state index is 0.0755. The lowest BCUT2D eigenvalue weighted by molar-refractivity contribution is -0.136. The zero-order valence-corrected chi connectivity index (χ0v) is 18.6. The molecule has 3 aromatic carbocycles. The van der Waals surface area contributed by atoms with E-state index in [0.29, 0.717) is 5.92 Å². The maximum Gasteiger partial charge on any atom is 0.307 e. The van der Waals surface area contributed by atoms with Gasteiger partial charge < -0.3 is 15.2 Å². The number of carboxylic acids is 1. The predicted molar refractivity (Wildman–Crippen MR) is 129 cm³/mol. The number of hydrogen-bond donors (Lipinski definition) is 2. The molecule has 0 unspecified atom stereocenters. The number of fused-ring (bicyclic) bond motifs is 1. The maximum atomic E-state index is 10.8. The molecule has 0 aromatic heterocycles. The van der Waals surface area contributed by atoms with Gasteiger partial charge in [0, 0.05) is 18.3 Å². The number of hydrogen-bond acceptors (Lipinski definition) is 3. The van der Waals surface area contributed by atoms with Crippen molar-refractivity contribution in [3.63, 3.8) is 0 Å². The van der Waals surface area contributed by atoms with Gasteiger partial charge in [0.25, 0.3) is 0 Å². The normalized spacial score (nSPS) is 15.1. The zero-order chi connectivity index (χ0) is 22.3. The van der Waals surface area contributed by atoms with Crippen LogP contribution in [0.15, 0.2) is 66.7 Å². The number of carboxylic acid groups (broad SMARTS) is 1. The lowest BCUT2D eigenvalue weighted by atomic mass is 9.79. The highest BCUT2D eigenvalue weighted by atomic mass is 16.5. The van der Waals surface area contributed by atoms with Crippen LogP contribution < -0.4 is 10.1 Å². The molecular formula is C28H31NO3. The molecule has 1 aliphatic carbocycles. The highest BCUT2D eigenvalue weighted by Crippen LogP contribution is 2.37. The monoisotopic (exact) mass is 429 g/mol. The summed E-state index contributed by atoms with van der Waals surface area (Å²) in [6, 6.07) is 23.1. The van der Waals surface area contributed by atoms with Gasteiger partial charge in [0.2, 0.25) is 0 Å². The Balaban J connectivity index is 1.38. The Hall–Kier alpha value is -3.27. The van der Waals surface area contributed by atoms with E-state index in [1.807, 2.05) is 24.3 Å². The minimum Gasteiger partial charge on any atom is -0.497 e.